The van der Waals surface area contributed by atoms with Gasteiger partial charge in [0.25, 0.3) is 0 Å². The second-order valence-corrected chi connectivity index (χ2v) is 5.97. The highest BCUT2D eigenvalue weighted by Crippen LogP contribution is 2.33. The Balaban J connectivity index is 2.16. The molecule has 2 aromatic heterocycles. The Morgan fingerprint density at radius 3 is 2.79 bits per heavy atom. The maximum Gasteiger partial charge on any atom is 0.356 e. The highest BCUT2D eigenvalue weighted by molar-refractivity contribution is 9.10. The van der Waals surface area contributed by atoms with Crippen molar-refractivity contribution >= 4 is 27.4 Å². The highest BCUT2D eigenvalue weighted by atomic mass is 79.9. The van der Waals surface area contributed by atoms with Crippen LogP contribution >= 0.6 is 15.9 Å². The molecule has 0 unspecified atom stereocenters. The first-order valence-electron chi connectivity index (χ1n) is 6.57. The normalized spacial score (nSPS) is 16.9. The molecule has 4 nitrogen and oxygen atoms in total. The predicted molar refractivity (Wildman–Crippen MR) is 75.7 cm³/mol. The van der Waals surface area contributed by atoms with Gasteiger partial charge in [0.1, 0.15) is 5.82 Å². The number of hydrogen-bond donors (Lipinski definition) is 1. The van der Waals surface area contributed by atoms with Crippen LogP contribution in [0.4, 0.5) is 0 Å². The van der Waals surface area contributed by atoms with E-state index in [1.165, 1.54) is 19.3 Å². The van der Waals surface area contributed by atoms with Gasteiger partial charge in [-0.1, -0.05) is 35.2 Å². The van der Waals surface area contributed by atoms with Crippen LogP contribution < -0.4 is 0 Å². The van der Waals surface area contributed by atoms with Gasteiger partial charge in [0, 0.05) is 16.6 Å². The lowest BCUT2D eigenvalue weighted by atomic mass is 9.89. The second kappa shape index (κ2) is 4.96. The third-order valence-electron chi connectivity index (χ3n) is 3.81. The summed E-state index contributed by atoms with van der Waals surface area (Å²) in [6.07, 6.45) is 7.80. The van der Waals surface area contributed by atoms with Gasteiger partial charge in [0.15, 0.2) is 5.69 Å². The molecule has 0 spiro atoms. The molecular weight excluding hydrogens is 308 g/mol. The van der Waals surface area contributed by atoms with E-state index in [4.69, 9.17) is 0 Å². The van der Waals surface area contributed by atoms with Gasteiger partial charge in [-0.3, -0.25) is 0 Å². The van der Waals surface area contributed by atoms with Crippen molar-refractivity contribution in [2.45, 2.75) is 38.0 Å². The Morgan fingerprint density at radius 2 is 2.11 bits per heavy atom. The summed E-state index contributed by atoms with van der Waals surface area (Å²) in [7, 11) is 0. The summed E-state index contributed by atoms with van der Waals surface area (Å²) >= 11 is 3.39. The van der Waals surface area contributed by atoms with E-state index in [9.17, 15) is 9.90 Å². The van der Waals surface area contributed by atoms with Crippen LogP contribution in [0.3, 0.4) is 0 Å². The molecule has 1 saturated carbocycles. The van der Waals surface area contributed by atoms with Crippen LogP contribution in [0.1, 0.15) is 54.3 Å². The predicted octanol–water partition coefficient (Wildman–Crippen LogP) is 3.84. The molecular formula is C14H15BrN2O2. The van der Waals surface area contributed by atoms with E-state index in [-0.39, 0.29) is 5.69 Å². The van der Waals surface area contributed by atoms with Crippen molar-refractivity contribution in [1.29, 1.82) is 0 Å². The molecule has 0 amide bonds. The zero-order valence-electron chi connectivity index (χ0n) is 10.5. The van der Waals surface area contributed by atoms with Crippen LogP contribution in [0, 0.1) is 0 Å². The van der Waals surface area contributed by atoms with E-state index in [2.05, 4.69) is 20.9 Å². The van der Waals surface area contributed by atoms with Crippen LogP contribution in [0.25, 0.3) is 5.52 Å². The molecule has 0 aliphatic heterocycles. The van der Waals surface area contributed by atoms with Gasteiger partial charge < -0.3 is 9.51 Å². The van der Waals surface area contributed by atoms with E-state index < -0.39 is 5.97 Å². The van der Waals surface area contributed by atoms with Crippen molar-refractivity contribution < 1.29 is 9.90 Å². The van der Waals surface area contributed by atoms with Gasteiger partial charge >= 0.3 is 5.97 Å². The summed E-state index contributed by atoms with van der Waals surface area (Å²) < 4.78 is 2.81. The van der Waals surface area contributed by atoms with Gasteiger partial charge in [-0.15, -0.1) is 0 Å². The van der Waals surface area contributed by atoms with E-state index in [1.54, 1.807) is 0 Å². The minimum Gasteiger partial charge on any atom is -0.476 e. The Morgan fingerprint density at radius 1 is 1.37 bits per heavy atom. The lowest BCUT2D eigenvalue weighted by molar-refractivity contribution is 0.0693. The highest BCUT2D eigenvalue weighted by Gasteiger charge is 2.24. The summed E-state index contributed by atoms with van der Waals surface area (Å²) in [6, 6.07) is 3.75. The van der Waals surface area contributed by atoms with Crippen LogP contribution in [0.15, 0.2) is 22.8 Å². The molecule has 0 bridgehead atoms. The largest absolute Gasteiger partial charge is 0.476 e. The fourth-order valence-corrected chi connectivity index (χ4v) is 3.22. The summed E-state index contributed by atoms with van der Waals surface area (Å²) in [5, 5.41) is 9.29. The number of pyridine rings is 1. The third-order valence-corrected chi connectivity index (χ3v) is 4.30. The SMILES string of the molecule is O=C(O)c1nc(C2CCCCC2)n2ccc(Br)cc12. The molecule has 1 aliphatic rings. The molecule has 1 N–H and O–H groups in total. The van der Waals surface area contributed by atoms with Gasteiger partial charge in [-0.25, -0.2) is 9.78 Å². The molecule has 5 heteroatoms. The van der Waals surface area contributed by atoms with Crippen molar-refractivity contribution in [3.8, 4) is 0 Å². The maximum atomic E-state index is 11.3. The number of carboxylic acids is 1. The van der Waals surface area contributed by atoms with Crippen molar-refractivity contribution in [3.05, 3.63) is 34.3 Å². The topological polar surface area (TPSA) is 54.6 Å². The first-order chi connectivity index (χ1) is 9.16. The molecule has 100 valence electrons. The number of fused-ring (bicyclic) bond motifs is 1. The standard InChI is InChI=1S/C14H15BrN2O2/c15-10-6-7-17-11(8-10)12(14(18)19)16-13(17)9-4-2-1-3-5-9/h6-9H,1-5H2,(H,18,19). The summed E-state index contributed by atoms with van der Waals surface area (Å²) in [6.45, 7) is 0. The van der Waals surface area contributed by atoms with Gasteiger partial charge in [0.2, 0.25) is 0 Å². The second-order valence-electron chi connectivity index (χ2n) is 5.06. The Bertz CT molecular complexity index is 630. The molecule has 3 rings (SSSR count). The molecule has 1 aliphatic carbocycles. The van der Waals surface area contributed by atoms with Crippen LogP contribution in [0.5, 0.6) is 0 Å². The molecule has 0 saturated heterocycles. The molecule has 2 heterocycles. The minimum absolute atomic E-state index is 0.155. The summed E-state index contributed by atoms with van der Waals surface area (Å²) in [4.78, 5) is 15.7. The smallest absolute Gasteiger partial charge is 0.356 e. The first-order valence-corrected chi connectivity index (χ1v) is 7.37. The lowest BCUT2D eigenvalue weighted by Crippen LogP contribution is -2.08. The van der Waals surface area contributed by atoms with Crippen molar-refractivity contribution in [3.63, 3.8) is 0 Å². The number of rotatable bonds is 2. The molecule has 0 radical (unpaired) electrons. The van der Waals surface area contributed by atoms with Crippen molar-refractivity contribution in [2.75, 3.05) is 0 Å². The number of carboxylic acid groups (broad SMARTS) is 1. The van der Waals surface area contributed by atoms with Crippen molar-refractivity contribution in [2.24, 2.45) is 0 Å². The van der Waals surface area contributed by atoms with Gasteiger partial charge in [-0.05, 0) is 25.0 Å². The van der Waals surface area contributed by atoms with Gasteiger partial charge in [0.05, 0.1) is 5.52 Å². The third kappa shape index (κ3) is 2.27. The molecule has 2 aromatic rings. The number of halogens is 1. The zero-order valence-corrected chi connectivity index (χ0v) is 12.1. The number of aromatic nitrogens is 2. The van der Waals surface area contributed by atoms with Gasteiger partial charge in [-0.2, -0.15) is 0 Å². The monoisotopic (exact) mass is 322 g/mol. The van der Waals surface area contributed by atoms with E-state index in [1.807, 2.05) is 22.7 Å². The fourth-order valence-electron chi connectivity index (χ4n) is 2.89. The zero-order chi connectivity index (χ0) is 13.4. The number of nitrogens with zero attached hydrogens (tertiary/aromatic N) is 2. The van der Waals surface area contributed by atoms with E-state index >= 15 is 0 Å². The number of hydrogen-bond acceptors (Lipinski definition) is 2. The quantitative estimate of drug-likeness (QED) is 0.913. The average molecular weight is 323 g/mol. The Labute approximate surface area is 119 Å². The van der Waals surface area contributed by atoms with Crippen LogP contribution in [-0.2, 0) is 0 Å². The number of aromatic carboxylic acids is 1. The summed E-state index contributed by atoms with van der Waals surface area (Å²) in [5.74, 6) is 0.327. The first kappa shape index (κ1) is 12.7. The average Bonchev–Trinajstić information content (AvgIpc) is 2.78. The maximum absolute atomic E-state index is 11.3. The molecule has 19 heavy (non-hydrogen) atoms. The Hall–Kier alpha value is -1.36. The lowest BCUT2D eigenvalue weighted by Gasteiger charge is -2.20. The Kier molecular flexibility index (Phi) is 3.31. The number of imidazole rings is 1. The molecule has 1 fully saturated rings. The van der Waals surface area contributed by atoms with Crippen molar-refractivity contribution in [1.82, 2.24) is 9.38 Å². The van der Waals surface area contributed by atoms with Crippen LogP contribution in [-0.4, -0.2) is 20.5 Å². The van der Waals surface area contributed by atoms with Crippen LogP contribution in [0.2, 0.25) is 0 Å². The van der Waals surface area contributed by atoms with E-state index in [0.717, 1.165) is 23.1 Å². The fraction of sp³-hybridized carbons (Fsp3) is 0.429. The summed E-state index contributed by atoms with van der Waals surface area (Å²) in [5.41, 5.74) is 0.823. The molecule has 0 aromatic carbocycles. The molecule has 0 atom stereocenters. The number of carbonyl (C=O) groups is 1. The minimum atomic E-state index is -0.961. The van der Waals surface area contributed by atoms with E-state index in [0.29, 0.717) is 11.4 Å².